The molecule has 0 saturated heterocycles. The van der Waals surface area contributed by atoms with Gasteiger partial charge in [-0.05, 0) is 42.1 Å². The average molecular weight is 393 g/mol. The molecule has 1 aliphatic carbocycles. The number of thioether (sulfide) groups is 1. The van der Waals surface area contributed by atoms with Crippen molar-refractivity contribution in [3.8, 4) is 5.75 Å². The second-order valence-electron chi connectivity index (χ2n) is 7.31. The molecule has 2 aromatic rings. The van der Waals surface area contributed by atoms with Gasteiger partial charge in [-0.2, -0.15) is 0 Å². The van der Waals surface area contributed by atoms with Crippen molar-refractivity contribution in [2.75, 3.05) is 0 Å². The van der Waals surface area contributed by atoms with Crippen LogP contribution in [-0.4, -0.2) is 20.9 Å². The zero-order chi connectivity index (χ0) is 18.1. The fourth-order valence-corrected chi connectivity index (χ4v) is 6.77. The molecular formula is C21H22BN2OS2+. The number of hydrogen-bond donors (Lipinski definition) is 0. The van der Waals surface area contributed by atoms with E-state index in [4.69, 9.17) is 9.76 Å². The fourth-order valence-electron chi connectivity index (χ4n) is 4.11. The Hall–Kier alpha value is -1.79. The van der Waals surface area contributed by atoms with Gasteiger partial charge in [0, 0.05) is 11.6 Å². The molecule has 27 heavy (non-hydrogen) atoms. The van der Waals surface area contributed by atoms with E-state index in [9.17, 15) is 0 Å². The molecule has 2 aromatic carbocycles. The number of hydrogen-bond acceptors (Lipinski definition) is 4. The molecule has 0 N–H and O–H groups in total. The zero-order valence-corrected chi connectivity index (χ0v) is 16.8. The van der Waals surface area contributed by atoms with Gasteiger partial charge in [-0.25, -0.2) is 4.60 Å². The lowest BCUT2D eigenvalue weighted by atomic mass is 9.58. The van der Waals surface area contributed by atoms with Gasteiger partial charge in [0.1, 0.15) is 0 Å². The predicted molar refractivity (Wildman–Crippen MR) is 117 cm³/mol. The zero-order valence-electron chi connectivity index (χ0n) is 15.2. The molecule has 5 rings (SSSR count). The molecule has 2 aliphatic heterocycles. The molecule has 3 nitrogen and oxygen atoms in total. The quantitative estimate of drug-likeness (QED) is 0.510. The molecule has 1 saturated carbocycles. The van der Waals surface area contributed by atoms with Crippen LogP contribution in [0.15, 0.2) is 59.7 Å². The highest BCUT2D eigenvalue weighted by Crippen LogP contribution is 2.48. The van der Waals surface area contributed by atoms with Crippen LogP contribution in [0.25, 0.3) is 0 Å². The highest BCUT2D eigenvalue weighted by atomic mass is 32.2. The van der Waals surface area contributed by atoms with Crippen LogP contribution >= 0.6 is 23.4 Å². The minimum Gasteiger partial charge on any atom is -0.605 e. The maximum Gasteiger partial charge on any atom is 0.731 e. The van der Waals surface area contributed by atoms with Crippen molar-refractivity contribution in [1.29, 1.82) is 0 Å². The lowest BCUT2D eigenvalue weighted by Gasteiger charge is -2.33. The van der Waals surface area contributed by atoms with Gasteiger partial charge in [-0.3, -0.25) is 0 Å². The topological polar surface area (TPSA) is 24.6 Å². The molecule has 0 radical (unpaired) electrons. The van der Waals surface area contributed by atoms with Gasteiger partial charge in [0.05, 0.1) is 24.2 Å². The molecule has 6 heteroatoms. The van der Waals surface area contributed by atoms with Gasteiger partial charge in [-0.1, -0.05) is 54.2 Å². The van der Waals surface area contributed by atoms with Gasteiger partial charge in [-0.15, -0.1) is 11.6 Å². The SMILES string of the molecule is C1=[N+]2N=C(SCc3ccccc3)S[B-]2([C+]2CCCCC2)Oc2ccccc21. The van der Waals surface area contributed by atoms with Gasteiger partial charge in [0.15, 0.2) is 10.6 Å². The Morgan fingerprint density at radius 2 is 1.81 bits per heavy atom. The highest BCUT2D eigenvalue weighted by molar-refractivity contribution is 8.52. The van der Waals surface area contributed by atoms with E-state index in [1.54, 1.807) is 0 Å². The first-order valence-electron chi connectivity index (χ1n) is 9.69. The molecule has 0 aromatic heterocycles. The predicted octanol–water partition coefficient (Wildman–Crippen LogP) is 5.48. The maximum absolute atomic E-state index is 6.72. The largest absolute Gasteiger partial charge is 0.731 e. The Morgan fingerprint density at radius 3 is 2.67 bits per heavy atom. The summed E-state index contributed by atoms with van der Waals surface area (Å²) in [6.45, 7) is 0. The first-order chi connectivity index (χ1) is 13.3. The summed E-state index contributed by atoms with van der Waals surface area (Å²) in [6.07, 6.45) is 8.37. The molecule has 136 valence electrons. The van der Waals surface area contributed by atoms with E-state index < -0.39 is 5.76 Å². The van der Waals surface area contributed by atoms with Crippen LogP contribution in [-0.2, 0) is 5.75 Å². The summed E-state index contributed by atoms with van der Waals surface area (Å²) in [6, 6.07) is 18.9. The average Bonchev–Trinajstić information content (AvgIpc) is 3.10. The summed E-state index contributed by atoms with van der Waals surface area (Å²) in [7, 11) is 0. The molecule has 1 atom stereocenters. The van der Waals surface area contributed by atoms with Crippen LogP contribution in [0.2, 0.25) is 0 Å². The van der Waals surface area contributed by atoms with E-state index >= 15 is 0 Å². The second-order valence-corrected chi connectivity index (χ2v) is 9.80. The lowest BCUT2D eigenvalue weighted by molar-refractivity contribution is -0.405. The highest BCUT2D eigenvalue weighted by Gasteiger charge is 2.68. The van der Waals surface area contributed by atoms with E-state index in [0.717, 1.165) is 34.3 Å². The smallest absolute Gasteiger partial charge is 0.605 e. The molecule has 2 heterocycles. The third kappa shape index (κ3) is 3.30. The summed E-state index contributed by atoms with van der Waals surface area (Å²) < 4.78 is 9.97. The molecule has 1 unspecified atom stereocenters. The summed E-state index contributed by atoms with van der Waals surface area (Å²) >= 11 is 3.66. The minimum atomic E-state index is -1.31. The molecule has 0 spiro atoms. The number of nitrogens with zero attached hydrogens (tertiary/aromatic N) is 2. The Balaban J connectivity index is 1.44. The summed E-state index contributed by atoms with van der Waals surface area (Å²) in [5.41, 5.74) is 2.45. The van der Waals surface area contributed by atoms with Crippen LogP contribution in [0.5, 0.6) is 5.75 Å². The first kappa shape index (κ1) is 17.3. The normalized spacial score (nSPS) is 23.8. The molecule has 1 fully saturated rings. The van der Waals surface area contributed by atoms with Crippen LogP contribution < -0.4 is 4.65 Å². The van der Waals surface area contributed by atoms with Crippen molar-refractivity contribution in [1.82, 2.24) is 0 Å². The molecular weight excluding hydrogens is 371 g/mol. The minimum absolute atomic E-state index is 0.939. The van der Waals surface area contributed by atoms with Crippen molar-refractivity contribution >= 4 is 39.7 Å². The van der Waals surface area contributed by atoms with E-state index in [0.29, 0.717) is 0 Å². The Bertz CT molecular complexity index is 896. The molecule has 0 bridgehead atoms. The van der Waals surface area contributed by atoms with Crippen molar-refractivity contribution in [3.05, 3.63) is 71.5 Å². The summed E-state index contributed by atoms with van der Waals surface area (Å²) in [5, 5.41) is 4.97. The van der Waals surface area contributed by atoms with E-state index in [1.807, 2.05) is 23.4 Å². The van der Waals surface area contributed by atoms with Gasteiger partial charge < -0.3 is 4.65 Å². The summed E-state index contributed by atoms with van der Waals surface area (Å²) in [5.74, 6) is 2.16. The molecule has 0 amide bonds. The number of fused-ring (bicyclic) bond motifs is 2. The van der Waals surface area contributed by atoms with Crippen molar-refractivity contribution in [2.24, 2.45) is 5.10 Å². The van der Waals surface area contributed by atoms with Gasteiger partial charge >= 0.3 is 5.76 Å². The standard InChI is InChI=1S/C21H22BN2OS2/c1-3-9-17(10-4-1)16-26-21-23-24-15-18-11-7-8-14-20(18)25-22(24,27-21)19-12-5-2-6-13-19/h1,3-4,7-11,14-15H,2,5-6,12-13,16H2/q+1. The summed E-state index contributed by atoms with van der Waals surface area (Å²) in [4.78, 5) is 0. The van der Waals surface area contributed by atoms with E-state index in [1.165, 1.54) is 30.6 Å². The van der Waals surface area contributed by atoms with E-state index in [2.05, 4.69) is 65.4 Å². The van der Waals surface area contributed by atoms with Crippen LogP contribution in [0.1, 0.15) is 43.2 Å². The van der Waals surface area contributed by atoms with Crippen molar-refractivity contribution in [2.45, 2.75) is 37.9 Å². The van der Waals surface area contributed by atoms with Crippen LogP contribution in [0.3, 0.4) is 0 Å². The Morgan fingerprint density at radius 1 is 1.04 bits per heavy atom. The Kier molecular flexibility index (Phi) is 4.70. The first-order valence-corrected chi connectivity index (χ1v) is 11.6. The van der Waals surface area contributed by atoms with Crippen molar-refractivity contribution < 1.29 is 9.25 Å². The number of benzene rings is 2. The van der Waals surface area contributed by atoms with Crippen LogP contribution in [0.4, 0.5) is 0 Å². The third-order valence-electron chi connectivity index (χ3n) is 5.50. The molecule has 3 aliphatic rings. The van der Waals surface area contributed by atoms with E-state index in [-0.39, 0.29) is 0 Å². The fraction of sp³-hybridized carbons (Fsp3) is 0.286. The second kappa shape index (κ2) is 7.32. The number of hydrazone groups is 1. The number of rotatable bonds is 3. The van der Waals surface area contributed by atoms with Crippen LogP contribution in [0, 0.1) is 5.82 Å². The lowest BCUT2D eigenvalue weighted by Crippen LogP contribution is -2.55. The third-order valence-corrected chi connectivity index (χ3v) is 8.20. The van der Waals surface area contributed by atoms with Crippen molar-refractivity contribution in [3.63, 3.8) is 0 Å². The Labute approximate surface area is 169 Å². The van der Waals surface area contributed by atoms with Gasteiger partial charge in [0.2, 0.25) is 0 Å². The van der Waals surface area contributed by atoms with Gasteiger partial charge in [0.25, 0.3) is 0 Å². The number of para-hydroxylation sites is 1. The monoisotopic (exact) mass is 393 g/mol. The maximum atomic E-state index is 6.72.